The zero-order valence-corrected chi connectivity index (χ0v) is 13.7. The molecule has 1 amide bonds. The molecule has 5 heteroatoms. The highest BCUT2D eigenvalue weighted by molar-refractivity contribution is 5.69. The summed E-state index contributed by atoms with van der Waals surface area (Å²) in [4.78, 5) is 13.6. The Kier molecular flexibility index (Phi) is 5.08. The molecule has 1 aromatic carbocycles. The highest BCUT2D eigenvalue weighted by atomic mass is 16.6. The molecule has 122 valence electrons. The molecule has 1 aromatic rings. The minimum absolute atomic E-state index is 0.147. The van der Waals surface area contributed by atoms with E-state index >= 15 is 0 Å². The summed E-state index contributed by atoms with van der Waals surface area (Å²) in [6.45, 7) is 8.39. The van der Waals surface area contributed by atoms with Crippen LogP contribution in [0.1, 0.15) is 26.3 Å². The van der Waals surface area contributed by atoms with Gasteiger partial charge in [0.2, 0.25) is 0 Å². The third-order valence-electron chi connectivity index (χ3n) is 3.66. The van der Waals surface area contributed by atoms with E-state index in [9.17, 15) is 4.79 Å². The molecule has 0 atom stereocenters. The molecule has 2 N–H and O–H groups in total. The highest BCUT2D eigenvalue weighted by Gasteiger charge is 2.45. The van der Waals surface area contributed by atoms with Gasteiger partial charge >= 0.3 is 6.09 Å². The first kappa shape index (κ1) is 16.8. The van der Waals surface area contributed by atoms with Crippen LogP contribution in [-0.4, -0.2) is 42.8 Å². The number of nitrogens with zero attached hydrogens (tertiary/aromatic N) is 1. The van der Waals surface area contributed by atoms with Crippen molar-refractivity contribution < 1.29 is 14.3 Å². The zero-order valence-electron chi connectivity index (χ0n) is 13.7. The summed E-state index contributed by atoms with van der Waals surface area (Å²) in [6.07, 6.45) is -0.278. The predicted octanol–water partition coefficient (Wildman–Crippen LogP) is 2.40. The average molecular weight is 306 g/mol. The Hall–Kier alpha value is -1.59. The maximum absolute atomic E-state index is 12.0. The molecular formula is C17H26N2O3. The van der Waals surface area contributed by atoms with E-state index in [0.29, 0.717) is 32.8 Å². The maximum Gasteiger partial charge on any atom is 0.410 e. The second-order valence-electron chi connectivity index (χ2n) is 7.02. The Morgan fingerprint density at radius 3 is 2.45 bits per heavy atom. The van der Waals surface area contributed by atoms with Crippen molar-refractivity contribution in [3.05, 3.63) is 35.9 Å². The molecule has 0 aromatic heterocycles. The maximum atomic E-state index is 12.0. The van der Waals surface area contributed by atoms with Crippen molar-refractivity contribution in [2.75, 3.05) is 26.2 Å². The number of hydrogen-bond donors (Lipinski definition) is 1. The third-order valence-corrected chi connectivity index (χ3v) is 3.66. The summed E-state index contributed by atoms with van der Waals surface area (Å²) in [5, 5.41) is 0. The Morgan fingerprint density at radius 2 is 1.91 bits per heavy atom. The van der Waals surface area contributed by atoms with Gasteiger partial charge in [0.15, 0.2) is 0 Å². The van der Waals surface area contributed by atoms with E-state index in [2.05, 4.69) is 0 Å². The fourth-order valence-electron chi connectivity index (χ4n) is 2.46. The minimum atomic E-state index is -0.470. The van der Waals surface area contributed by atoms with Gasteiger partial charge in [-0.1, -0.05) is 30.3 Å². The number of carbonyl (C=O) groups is 1. The molecule has 0 spiro atoms. The van der Waals surface area contributed by atoms with Gasteiger partial charge in [-0.2, -0.15) is 0 Å². The van der Waals surface area contributed by atoms with Crippen LogP contribution in [0.5, 0.6) is 0 Å². The first-order valence-electron chi connectivity index (χ1n) is 7.63. The number of carbonyl (C=O) groups excluding carboxylic acids is 1. The number of amides is 1. The van der Waals surface area contributed by atoms with Gasteiger partial charge in [-0.05, 0) is 26.3 Å². The zero-order chi connectivity index (χ0) is 16.2. The smallest absolute Gasteiger partial charge is 0.410 e. The highest BCUT2D eigenvalue weighted by Crippen LogP contribution is 2.31. The molecule has 0 aliphatic carbocycles. The van der Waals surface area contributed by atoms with E-state index < -0.39 is 5.60 Å². The first-order chi connectivity index (χ1) is 10.3. The van der Waals surface area contributed by atoms with Gasteiger partial charge in [0.25, 0.3) is 0 Å². The van der Waals surface area contributed by atoms with Crippen molar-refractivity contribution in [1.82, 2.24) is 4.90 Å². The summed E-state index contributed by atoms with van der Waals surface area (Å²) in [7, 11) is 0. The molecule has 0 saturated carbocycles. The van der Waals surface area contributed by atoms with Gasteiger partial charge in [-0.3, -0.25) is 0 Å². The summed E-state index contributed by atoms with van der Waals surface area (Å²) >= 11 is 0. The van der Waals surface area contributed by atoms with Crippen LogP contribution < -0.4 is 5.73 Å². The van der Waals surface area contributed by atoms with Gasteiger partial charge < -0.3 is 20.1 Å². The van der Waals surface area contributed by atoms with Crippen LogP contribution in [-0.2, 0) is 16.1 Å². The van der Waals surface area contributed by atoms with Crippen molar-refractivity contribution >= 4 is 6.09 Å². The number of nitrogens with two attached hydrogens (primary N) is 1. The molecule has 1 aliphatic rings. The van der Waals surface area contributed by atoms with Crippen LogP contribution in [0.25, 0.3) is 0 Å². The normalized spacial score (nSPS) is 17.0. The quantitative estimate of drug-likeness (QED) is 0.907. The van der Waals surface area contributed by atoms with Gasteiger partial charge in [0, 0.05) is 25.0 Å². The van der Waals surface area contributed by atoms with Crippen LogP contribution in [0.2, 0.25) is 0 Å². The molecule has 22 heavy (non-hydrogen) atoms. The summed E-state index contributed by atoms with van der Waals surface area (Å²) in [5.74, 6) is 0. The lowest BCUT2D eigenvalue weighted by atomic mass is 9.81. The lowest BCUT2D eigenvalue weighted by Gasteiger charge is -2.49. The van der Waals surface area contributed by atoms with Crippen LogP contribution in [0.3, 0.4) is 0 Å². The molecule has 1 saturated heterocycles. The fourth-order valence-corrected chi connectivity index (χ4v) is 2.46. The molecule has 1 heterocycles. The number of likely N-dealkylation sites (tertiary alicyclic amines) is 1. The second-order valence-corrected chi connectivity index (χ2v) is 7.02. The van der Waals surface area contributed by atoms with Crippen molar-refractivity contribution in [3.63, 3.8) is 0 Å². The SMILES string of the molecule is CC(C)(C)OC(=O)N1CC(CN)(COCc2ccccc2)C1. The number of ether oxygens (including phenoxy) is 2. The largest absolute Gasteiger partial charge is 0.444 e. The Morgan fingerprint density at radius 1 is 1.27 bits per heavy atom. The Labute approximate surface area is 132 Å². The van der Waals surface area contributed by atoms with E-state index in [4.69, 9.17) is 15.2 Å². The lowest BCUT2D eigenvalue weighted by molar-refractivity contribution is -0.0708. The standard InChI is InChI=1S/C17H26N2O3/c1-16(2,3)22-15(20)19-11-17(10-18,12-19)13-21-9-14-7-5-4-6-8-14/h4-8H,9-13,18H2,1-3H3. The molecule has 0 unspecified atom stereocenters. The average Bonchev–Trinajstić information content (AvgIpc) is 2.40. The summed E-state index contributed by atoms with van der Waals surface area (Å²) in [5.41, 5.74) is 6.40. The Balaban J connectivity index is 1.77. The van der Waals surface area contributed by atoms with Crippen LogP contribution >= 0.6 is 0 Å². The topological polar surface area (TPSA) is 64.8 Å². The number of rotatable bonds is 5. The molecule has 0 radical (unpaired) electrons. The summed E-state index contributed by atoms with van der Waals surface area (Å²) in [6, 6.07) is 10.0. The Bertz CT molecular complexity index is 490. The van der Waals surface area contributed by atoms with Crippen molar-refractivity contribution in [2.45, 2.75) is 33.0 Å². The third kappa shape index (κ3) is 4.45. The van der Waals surface area contributed by atoms with Crippen LogP contribution in [0.15, 0.2) is 30.3 Å². The molecule has 2 rings (SSSR count). The van der Waals surface area contributed by atoms with Gasteiger partial charge in [0.1, 0.15) is 5.60 Å². The number of benzene rings is 1. The van der Waals surface area contributed by atoms with Crippen molar-refractivity contribution in [1.29, 1.82) is 0 Å². The fraction of sp³-hybridized carbons (Fsp3) is 0.588. The molecular weight excluding hydrogens is 280 g/mol. The van der Waals surface area contributed by atoms with Crippen molar-refractivity contribution in [3.8, 4) is 0 Å². The van der Waals surface area contributed by atoms with Gasteiger partial charge in [-0.25, -0.2) is 4.79 Å². The monoisotopic (exact) mass is 306 g/mol. The predicted molar refractivity (Wildman–Crippen MR) is 85.4 cm³/mol. The number of hydrogen-bond acceptors (Lipinski definition) is 4. The summed E-state index contributed by atoms with van der Waals surface area (Å²) < 4.78 is 11.1. The molecule has 5 nitrogen and oxygen atoms in total. The second kappa shape index (κ2) is 6.67. The van der Waals surface area contributed by atoms with E-state index in [1.165, 1.54) is 0 Å². The lowest BCUT2D eigenvalue weighted by Crippen LogP contribution is -2.64. The van der Waals surface area contributed by atoms with Crippen LogP contribution in [0, 0.1) is 5.41 Å². The van der Waals surface area contributed by atoms with E-state index in [0.717, 1.165) is 5.56 Å². The van der Waals surface area contributed by atoms with E-state index in [1.807, 2.05) is 51.1 Å². The van der Waals surface area contributed by atoms with Crippen LogP contribution in [0.4, 0.5) is 4.79 Å². The van der Waals surface area contributed by atoms with E-state index in [1.54, 1.807) is 4.90 Å². The minimum Gasteiger partial charge on any atom is -0.444 e. The molecule has 1 aliphatic heterocycles. The van der Waals surface area contributed by atoms with Crippen molar-refractivity contribution in [2.24, 2.45) is 11.1 Å². The molecule has 1 fully saturated rings. The van der Waals surface area contributed by atoms with E-state index in [-0.39, 0.29) is 11.5 Å². The first-order valence-corrected chi connectivity index (χ1v) is 7.63. The van der Waals surface area contributed by atoms with Gasteiger partial charge in [-0.15, -0.1) is 0 Å². The molecule has 0 bridgehead atoms. The van der Waals surface area contributed by atoms with Gasteiger partial charge in [0.05, 0.1) is 13.2 Å².